The monoisotopic (exact) mass is 563 g/mol. The minimum absolute atomic E-state index is 0. The van der Waals surface area contributed by atoms with Gasteiger partial charge in [-0.1, -0.05) is 138 Å². The summed E-state index contributed by atoms with van der Waals surface area (Å²) in [5.74, 6) is 0. The highest BCUT2D eigenvalue weighted by Gasteiger charge is 1.96. The van der Waals surface area contributed by atoms with E-state index in [0.717, 1.165) is 0 Å². The van der Waals surface area contributed by atoms with Crippen LogP contribution in [0, 0.1) is 16.2 Å². The van der Waals surface area contributed by atoms with Crippen molar-refractivity contribution in [1.29, 1.82) is 0 Å². The molecule has 0 unspecified atom stereocenters. The van der Waals surface area contributed by atoms with Gasteiger partial charge in [0, 0.05) is 24.8 Å². The smallest absolute Gasteiger partial charge is 0.119 e. The van der Waals surface area contributed by atoms with Crippen molar-refractivity contribution in [2.45, 2.75) is 132 Å². The molecule has 0 fully saturated rings. The maximum Gasteiger partial charge on any atom is 0.119 e. The van der Waals surface area contributed by atoms with Crippen LogP contribution in [0.1, 0.15) is 132 Å². The molecular weight excluding hydrogens is 492 g/mol. The average Bonchev–Trinajstić information content (AvgIpc) is 2.89. The second kappa shape index (κ2) is 40.7. The van der Waals surface area contributed by atoms with E-state index >= 15 is 0 Å². The van der Waals surface area contributed by atoms with Crippen LogP contribution in [-0.4, -0.2) is 29.9 Å². The molecule has 6 nitrogen and oxygen atoms in total. The maximum absolute atomic E-state index is 3.78. The summed E-state index contributed by atoms with van der Waals surface area (Å²) in [5.41, 5.74) is 1.50. The topological polar surface area (TPSA) is 77.3 Å². The summed E-state index contributed by atoms with van der Waals surface area (Å²) >= 11 is 0. The second-order valence-corrected chi connectivity index (χ2v) is 11.7. The fourth-order valence-electron chi connectivity index (χ4n) is 0.771. The van der Waals surface area contributed by atoms with Gasteiger partial charge in [-0.3, -0.25) is 4.98 Å². The molecule has 0 aromatic carbocycles. The average molecular weight is 563 g/mol. The van der Waals surface area contributed by atoms with E-state index in [9.17, 15) is 0 Å². The largest absolute Gasteiger partial charge is 0.265 e. The molecular formula is C34H70N6. The van der Waals surface area contributed by atoms with E-state index in [4.69, 9.17) is 0 Å². The molecule has 0 amide bonds. The van der Waals surface area contributed by atoms with Crippen molar-refractivity contribution in [3.8, 4) is 0 Å². The Kier molecular flexibility index (Phi) is 54.5. The van der Waals surface area contributed by atoms with Crippen molar-refractivity contribution in [2.24, 2.45) is 16.2 Å². The molecule has 0 saturated heterocycles. The second-order valence-electron chi connectivity index (χ2n) is 11.7. The summed E-state index contributed by atoms with van der Waals surface area (Å²) in [7, 11) is 0. The highest BCUT2D eigenvalue weighted by atomic mass is 14.9. The van der Waals surface area contributed by atoms with Gasteiger partial charge in [-0.25, -0.2) is 24.9 Å². The van der Waals surface area contributed by atoms with Gasteiger partial charge in [-0.15, -0.1) is 0 Å². The lowest BCUT2D eigenvalue weighted by atomic mass is 10.0. The van der Waals surface area contributed by atoms with Crippen LogP contribution in [0.25, 0.3) is 0 Å². The molecule has 0 aliphatic rings. The molecule has 0 saturated carbocycles. The van der Waals surface area contributed by atoms with Gasteiger partial charge in [-0.05, 0) is 34.4 Å². The number of rotatable bonds is 0. The Balaban J connectivity index is -0.0000000628. The maximum atomic E-state index is 3.78. The van der Waals surface area contributed by atoms with E-state index < -0.39 is 0 Å². The molecule has 0 radical (unpaired) electrons. The molecule has 6 heteroatoms. The highest BCUT2D eigenvalue weighted by Crippen LogP contribution is 2.08. The fourth-order valence-corrected chi connectivity index (χ4v) is 0.771. The van der Waals surface area contributed by atoms with E-state index in [-0.39, 0.29) is 7.43 Å². The van der Waals surface area contributed by atoms with E-state index in [1.54, 1.807) is 30.9 Å². The number of nitrogens with zero attached hydrogens (tertiary/aromatic N) is 6. The normalized spacial score (nSPS) is 8.55. The van der Waals surface area contributed by atoms with Crippen molar-refractivity contribution in [1.82, 2.24) is 29.9 Å². The molecule has 0 aliphatic carbocycles. The molecule has 0 bridgehead atoms. The van der Waals surface area contributed by atoms with Crippen LogP contribution in [0.2, 0.25) is 0 Å². The first kappa shape index (κ1) is 53.5. The lowest BCUT2D eigenvalue weighted by molar-refractivity contribution is 0.469. The van der Waals surface area contributed by atoms with Crippen molar-refractivity contribution < 1.29 is 0 Å². The highest BCUT2D eigenvalue weighted by molar-refractivity contribution is 4.88. The number of aromatic nitrogens is 6. The third-order valence-corrected chi connectivity index (χ3v) is 1.44. The van der Waals surface area contributed by atoms with Gasteiger partial charge < -0.3 is 0 Å². The van der Waals surface area contributed by atoms with Crippen LogP contribution in [0.15, 0.2) is 74.4 Å². The van der Waals surface area contributed by atoms with E-state index in [2.05, 4.69) is 113 Å². The zero-order valence-electron chi connectivity index (χ0n) is 29.1. The number of hydrogen-bond acceptors (Lipinski definition) is 6. The Hall–Kier alpha value is -2.76. The molecule has 3 aromatic heterocycles. The Bertz CT molecular complexity index is 501. The molecule has 3 aromatic rings. The first-order valence-corrected chi connectivity index (χ1v) is 14.1. The summed E-state index contributed by atoms with van der Waals surface area (Å²) in [6.45, 7) is 38.2. The SMILES string of the molecule is C.CC.CC.CC.CC(C)(C)C.CC(C)(C)C.CC(C)(C)C.c1ccncc1.c1cncnc1.c1ncncn1. The van der Waals surface area contributed by atoms with Crippen LogP contribution in [0.4, 0.5) is 0 Å². The van der Waals surface area contributed by atoms with E-state index in [1.807, 2.05) is 59.7 Å². The summed E-state index contributed by atoms with van der Waals surface area (Å²) in [5, 5.41) is 0. The van der Waals surface area contributed by atoms with Crippen LogP contribution in [0.5, 0.6) is 0 Å². The Morgan fingerprint density at radius 1 is 0.300 bits per heavy atom. The molecule has 0 N–H and O–H groups in total. The van der Waals surface area contributed by atoms with E-state index in [0.29, 0.717) is 16.2 Å². The van der Waals surface area contributed by atoms with Gasteiger partial charge in [0.05, 0.1) is 0 Å². The molecule has 40 heavy (non-hydrogen) atoms. The van der Waals surface area contributed by atoms with Crippen LogP contribution in [-0.2, 0) is 0 Å². The molecule has 0 aliphatic heterocycles. The summed E-state index contributed by atoms with van der Waals surface area (Å²) in [6.07, 6.45) is 12.7. The summed E-state index contributed by atoms with van der Waals surface area (Å²) in [6, 6.07) is 7.49. The molecule has 0 spiro atoms. The van der Waals surface area contributed by atoms with Crippen molar-refractivity contribution >= 4 is 0 Å². The van der Waals surface area contributed by atoms with Crippen LogP contribution in [0.3, 0.4) is 0 Å². The first-order chi connectivity index (χ1) is 18.0. The van der Waals surface area contributed by atoms with Crippen LogP contribution >= 0.6 is 0 Å². The zero-order chi connectivity index (χ0) is 32.2. The summed E-state index contributed by atoms with van der Waals surface area (Å²) < 4.78 is 0. The standard InChI is InChI=1S/C5H5N.3C5H12.C4H4N2.C3H3N3.3C2H6.CH4/c1-2-4-6-5-3-1;3*1-5(2,3)4;1-2-5-4-6-3-1;1-4-2-6-3-5-1;3*1-2;/h1-5H;3*1-4H3;1-4H;1-3H;3*1-2H3;1H4. The lowest BCUT2D eigenvalue weighted by Crippen LogP contribution is -1.93. The molecule has 236 valence electrons. The fraction of sp³-hybridized carbons (Fsp3) is 0.647. The van der Waals surface area contributed by atoms with Gasteiger partial charge in [0.15, 0.2) is 0 Å². The third kappa shape index (κ3) is 178. The number of hydrogen-bond donors (Lipinski definition) is 0. The summed E-state index contributed by atoms with van der Waals surface area (Å²) in [4.78, 5) is 21.8. The predicted octanol–water partition coefficient (Wildman–Crippen LogP) is 11.3. The lowest BCUT2D eigenvalue weighted by Gasteiger charge is -2.05. The van der Waals surface area contributed by atoms with Crippen molar-refractivity contribution in [3.05, 3.63) is 74.4 Å². The third-order valence-electron chi connectivity index (χ3n) is 1.44. The van der Waals surface area contributed by atoms with Gasteiger partial charge in [0.1, 0.15) is 25.3 Å². The minimum Gasteiger partial charge on any atom is -0.265 e. The van der Waals surface area contributed by atoms with Crippen molar-refractivity contribution in [2.75, 3.05) is 0 Å². The molecule has 3 heterocycles. The number of pyridine rings is 1. The van der Waals surface area contributed by atoms with Gasteiger partial charge >= 0.3 is 0 Å². The predicted molar refractivity (Wildman–Crippen MR) is 182 cm³/mol. The van der Waals surface area contributed by atoms with Gasteiger partial charge in [0.2, 0.25) is 0 Å². The van der Waals surface area contributed by atoms with E-state index in [1.165, 1.54) is 25.3 Å². The first-order valence-electron chi connectivity index (χ1n) is 14.1. The van der Waals surface area contributed by atoms with Crippen molar-refractivity contribution in [3.63, 3.8) is 0 Å². The Morgan fingerprint density at radius 3 is 0.575 bits per heavy atom. The van der Waals surface area contributed by atoms with Gasteiger partial charge in [0.25, 0.3) is 0 Å². The Morgan fingerprint density at radius 2 is 0.500 bits per heavy atom. The quantitative estimate of drug-likeness (QED) is 0.271. The molecule has 3 rings (SSSR count). The van der Waals surface area contributed by atoms with Crippen LogP contribution < -0.4 is 0 Å². The Labute approximate surface area is 252 Å². The molecule has 0 atom stereocenters. The zero-order valence-corrected chi connectivity index (χ0v) is 29.1. The van der Waals surface area contributed by atoms with Gasteiger partial charge in [-0.2, -0.15) is 0 Å². The minimum atomic E-state index is 0.